The van der Waals surface area contributed by atoms with Crippen molar-refractivity contribution in [1.82, 2.24) is 24.9 Å². The Morgan fingerprint density at radius 2 is 1.75 bits per heavy atom. The predicted molar refractivity (Wildman–Crippen MR) is 98.4 cm³/mol. The molecule has 4 N–H and O–H groups in total. The second-order valence-corrected chi connectivity index (χ2v) is 6.16. The van der Waals surface area contributed by atoms with E-state index in [0.29, 0.717) is 5.69 Å². The van der Waals surface area contributed by atoms with Gasteiger partial charge in [-0.25, -0.2) is 4.98 Å². The van der Waals surface area contributed by atoms with Crippen LogP contribution in [0.25, 0.3) is 11.5 Å². The van der Waals surface area contributed by atoms with Crippen LogP contribution in [0.15, 0.2) is 36.7 Å². The summed E-state index contributed by atoms with van der Waals surface area (Å²) < 4.78 is 39.2. The standard InChI is InChI=1S/C17H17F3N8/c1-9(2)28(11-6-10(7-23-8-11)17(18,19)20)16-26-14(25-15(22)27-16)12-4-3-5-13(21)24-12/h3-9H,1-2H3,(H2,21,24)(H2,22,25,26,27). The SMILES string of the molecule is CC(C)N(c1cncc(C(F)(F)F)c1)c1nc(N)nc(-c2cccc(N)n2)n1. The molecule has 0 bridgehead atoms. The van der Waals surface area contributed by atoms with Gasteiger partial charge < -0.3 is 16.4 Å². The number of nitrogens with two attached hydrogens (primary N) is 2. The zero-order valence-corrected chi connectivity index (χ0v) is 15.0. The Kier molecular flexibility index (Phi) is 4.99. The molecule has 0 amide bonds. The molecule has 3 rings (SSSR count). The van der Waals surface area contributed by atoms with Crippen LogP contribution >= 0.6 is 0 Å². The summed E-state index contributed by atoms with van der Waals surface area (Å²) in [5.74, 6) is 0.388. The monoisotopic (exact) mass is 390 g/mol. The molecule has 0 aromatic carbocycles. The van der Waals surface area contributed by atoms with Gasteiger partial charge in [0.15, 0.2) is 5.82 Å². The van der Waals surface area contributed by atoms with Gasteiger partial charge in [0.1, 0.15) is 11.5 Å². The van der Waals surface area contributed by atoms with E-state index in [1.54, 1.807) is 32.0 Å². The highest BCUT2D eigenvalue weighted by molar-refractivity contribution is 5.62. The molecule has 0 spiro atoms. The topological polar surface area (TPSA) is 120 Å². The third-order valence-electron chi connectivity index (χ3n) is 3.70. The van der Waals surface area contributed by atoms with E-state index in [4.69, 9.17) is 11.5 Å². The number of nitrogens with zero attached hydrogens (tertiary/aromatic N) is 6. The first-order valence-electron chi connectivity index (χ1n) is 8.21. The van der Waals surface area contributed by atoms with Crippen LogP contribution in [-0.2, 0) is 6.18 Å². The molecule has 0 radical (unpaired) electrons. The zero-order valence-electron chi connectivity index (χ0n) is 15.0. The number of alkyl halides is 3. The van der Waals surface area contributed by atoms with Crippen molar-refractivity contribution < 1.29 is 13.2 Å². The van der Waals surface area contributed by atoms with Crippen LogP contribution < -0.4 is 16.4 Å². The summed E-state index contributed by atoms with van der Waals surface area (Å²) in [6.07, 6.45) is -2.47. The third kappa shape index (κ3) is 4.08. The molecule has 0 atom stereocenters. The molecule has 0 saturated heterocycles. The first-order chi connectivity index (χ1) is 13.1. The lowest BCUT2D eigenvalue weighted by Gasteiger charge is -2.27. The second kappa shape index (κ2) is 7.25. The minimum atomic E-state index is -4.53. The molecule has 0 aliphatic heterocycles. The quantitative estimate of drug-likeness (QED) is 0.697. The van der Waals surface area contributed by atoms with Crippen molar-refractivity contribution in [3.8, 4) is 11.5 Å². The minimum absolute atomic E-state index is 0.0721. The highest BCUT2D eigenvalue weighted by atomic mass is 19.4. The maximum Gasteiger partial charge on any atom is 0.417 e. The molecule has 3 aromatic rings. The highest BCUT2D eigenvalue weighted by Crippen LogP contribution is 2.33. The molecule has 8 nitrogen and oxygen atoms in total. The summed E-state index contributed by atoms with van der Waals surface area (Å²) in [6, 6.07) is 5.60. The van der Waals surface area contributed by atoms with Crippen molar-refractivity contribution >= 4 is 23.4 Å². The van der Waals surface area contributed by atoms with Gasteiger partial charge in [-0.1, -0.05) is 6.07 Å². The van der Waals surface area contributed by atoms with Crippen molar-refractivity contribution in [3.05, 3.63) is 42.2 Å². The van der Waals surface area contributed by atoms with Crippen LogP contribution in [0.5, 0.6) is 0 Å². The van der Waals surface area contributed by atoms with Crippen LogP contribution in [0.2, 0.25) is 0 Å². The van der Waals surface area contributed by atoms with Gasteiger partial charge in [-0.15, -0.1) is 0 Å². The van der Waals surface area contributed by atoms with E-state index in [1.807, 2.05) is 0 Å². The summed E-state index contributed by atoms with van der Waals surface area (Å²) in [7, 11) is 0. The second-order valence-electron chi connectivity index (χ2n) is 6.16. The average molecular weight is 390 g/mol. The van der Waals surface area contributed by atoms with Crippen LogP contribution in [0.1, 0.15) is 19.4 Å². The summed E-state index contributed by atoms with van der Waals surface area (Å²) in [6.45, 7) is 3.55. The Bertz CT molecular complexity index is 990. The maximum absolute atomic E-state index is 13.1. The largest absolute Gasteiger partial charge is 0.417 e. The molecular formula is C17H17F3N8. The van der Waals surface area contributed by atoms with Gasteiger partial charge in [0.05, 0.1) is 17.4 Å². The lowest BCUT2D eigenvalue weighted by Crippen LogP contribution is -2.28. The lowest BCUT2D eigenvalue weighted by atomic mass is 10.2. The van der Waals surface area contributed by atoms with E-state index in [-0.39, 0.29) is 35.3 Å². The zero-order chi connectivity index (χ0) is 20.5. The summed E-state index contributed by atoms with van der Waals surface area (Å²) in [5.41, 5.74) is 11.1. The molecule has 0 fully saturated rings. The van der Waals surface area contributed by atoms with Crippen LogP contribution in [0.4, 0.5) is 36.6 Å². The number of hydrogen-bond acceptors (Lipinski definition) is 8. The van der Waals surface area contributed by atoms with E-state index in [0.717, 1.165) is 12.3 Å². The molecular weight excluding hydrogens is 373 g/mol. The molecule has 146 valence electrons. The fourth-order valence-electron chi connectivity index (χ4n) is 2.54. The number of pyridine rings is 2. The van der Waals surface area contributed by atoms with Gasteiger partial charge >= 0.3 is 6.18 Å². The van der Waals surface area contributed by atoms with E-state index in [2.05, 4.69) is 24.9 Å². The summed E-state index contributed by atoms with van der Waals surface area (Å²) >= 11 is 0. The molecule has 0 unspecified atom stereocenters. The normalized spacial score (nSPS) is 11.6. The molecule has 11 heteroatoms. The van der Waals surface area contributed by atoms with Gasteiger partial charge in [-0.3, -0.25) is 4.98 Å². The Morgan fingerprint density at radius 1 is 1.00 bits per heavy atom. The Morgan fingerprint density at radius 3 is 2.39 bits per heavy atom. The number of halogens is 3. The number of hydrogen-bond donors (Lipinski definition) is 2. The average Bonchev–Trinajstić information content (AvgIpc) is 2.61. The number of anilines is 4. The van der Waals surface area contributed by atoms with Gasteiger partial charge in [0.25, 0.3) is 0 Å². The van der Waals surface area contributed by atoms with Crippen molar-refractivity contribution in [2.24, 2.45) is 0 Å². The van der Waals surface area contributed by atoms with Crippen LogP contribution in [-0.4, -0.2) is 31.0 Å². The first-order valence-corrected chi connectivity index (χ1v) is 8.21. The third-order valence-corrected chi connectivity index (χ3v) is 3.70. The molecule has 3 aromatic heterocycles. The van der Waals surface area contributed by atoms with E-state index < -0.39 is 11.7 Å². The van der Waals surface area contributed by atoms with E-state index in [9.17, 15) is 13.2 Å². The molecule has 0 aliphatic rings. The molecule has 28 heavy (non-hydrogen) atoms. The van der Waals surface area contributed by atoms with Crippen molar-refractivity contribution in [3.63, 3.8) is 0 Å². The molecule has 0 aliphatic carbocycles. The van der Waals surface area contributed by atoms with Crippen molar-refractivity contribution in [2.75, 3.05) is 16.4 Å². The Hall–Kier alpha value is -3.50. The van der Waals surface area contributed by atoms with Crippen LogP contribution in [0.3, 0.4) is 0 Å². The fourth-order valence-corrected chi connectivity index (χ4v) is 2.54. The van der Waals surface area contributed by atoms with E-state index >= 15 is 0 Å². The summed E-state index contributed by atoms with van der Waals surface area (Å²) in [5, 5.41) is 0. The Labute approximate surface area is 158 Å². The summed E-state index contributed by atoms with van der Waals surface area (Å²) in [4.78, 5) is 21.8. The smallest absolute Gasteiger partial charge is 0.384 e. The van der Waals surface area contributed by atoms with Crippen molar-refractivity contribution in [1.29, 1.82) is 0 Å². The van der Waals surface area contributed by atoms with Gasteiger partial charge in [-0.05, 0) is 32.0 Å². The fraction of sp³-hybridized carbons (Fsp3) is 0.235. The van der Waals surface area contributed by atoms with Gasteiger partial charge in [0, 0.05) is 12.2 Å². The number of nitrogen functional groups attached to an aromatic ring is 2. The first kappa shape index (κ1) is 19.3. The lowest BCUT2D eigenvalue weighted by molar-refractivity contribution is -0.137. The highest BCUT2D eigenvalue weighted by Gasteiger charge is 2.32. The number of rotatable bonds is 4. The van der Waals surface area contributed by atoms with Crippen molar-refractivity contribution in [2.45, 2.75) is 26.1 Å². The maximum atomic E-state index is 13.1. The Balaban J connectivity index is 2.11. The minimum Gasteiger partial charge on any atom is -0.384 e. The van der Waals surface area contributed by atoms with Gasteiger partial charge in [0.2, 0.25) is 11.9 Å². The van der Waals surface area contributed by atoms with Gasteiger partial charge in [-0.2, -0.15) is 28.1 Å². The molecule has 3 heterocycles. The van der Waals surface area contributed by atoms with E-state index in [1.165, 1.54) is 11.1 Å². The van der Waals surface area contributed by atoms with Crippen LogP contribution in [0, 0.1) is 0 Å². The molecule has 0 saturated carbocycles. The number of aromatic nitrogens is 5. The predicted octanol–water partition coefficient (Wildman–Crippen LogP) is 3.06.